The van der Waals surface area contributed by atoms with Crippen LogP contribution in [-0.4, -0.2) is 16.4 Å². The molecule has 0 spiro atoms. The van der Waals surface area contributed by atoms with Crippen molar-refractivity contribution < 1.29 is 0 Å². The minimum Gasteiger partial charge on any atom is -0.354 e. The molecule has 0 atom stereocenters. The third-order valence-corrected chi connectivity index (χ3v) is 2.34. The van der Waals surface area contributed by atoms with Gasteiger partial charge in [-0.25, -0.2) is 0 Å². The highest BCUT2D eigenvalue weighted by molar-refractivity contribution is 5.30. The van der Waals surface area contributed by atoms with E-state index in [1.54, 1.807) is 6.20 Å². The molecule has 76 valence electrons. The molecular weight excluding hydrogens is 184 g/mol. The molecule has 0 amide bonds. The van der Waals surface area contributed by atoms with Gasteiger partial charge in [0.1, 0.15) is 0 Å². The Morgan fingerprint density at radius 3 is 2.73 bits per heavy atom. The summed E-state index contributed by atoms with van der Waals surface area (Å²) in [5.74, 6) is 0. The van der Waals surface area contributed by atoms with Crippen molar-refractivity contribution >= 4 is 0 Å². The highest BCUT2D eigenvalue weighted by atomic mass is 15.1. The summed E-state index contributed by atoms with van der Waals surface area (Å²) in [6.07, 6.45) is 12.9. The van der Waals surface area contributed by atoms with Crippen molar-refractivity contribution in [3.63, 3.8) is 0 Å². The first-order chi connectivity index (χ1) is 7.34. The topological polar surface area (TPSA) is 16.1 Å². The highest BCUT2D eigenvalue weighted by Gasteiger charge is 1.99. The SMILES string of the molecule is C=C1C=CN(CCc2cccnc2)C=C1. The lowest BCUT2D eigenvalue weighted by atomic mass is 10.2. The lowest BCUT2D eigenvalue weighted by Crippen LogP contribution is -2.15. The third kappa shape index (κ3) is 2.81. The van der Waals surface area contributed by atoms with E-state index >= 15 is 0 Å². The standard InChI is InChI=1S/C13H14N2/c1-12-4-8-15(9-5-12)10-6-13-3-2-7-14-11-13/h2-5,7-9,11H,1,6,10H2. The van der Waals surface area contributed by atoms with Crippen LogP contribution in [0.4, 0.5) is 0 Å². The molecule has 1 aromatic heterocycles. The van der Waals surface area contributed by atoms with E-state index in [1.165, 1.54) is 5.56 Å². The molecule has 0 bridgehead atoms. The first kappa shape index (κ1) is 9.71. The first-order valence-electron chi connectivity index (χ1n) is 5.04. The highest BCUT2D eigenvalue weighted by Crippen LogP contribution is 2.08. The Morgan fingerprint density at radius 2 is 2.07 bits per heavy atom. The summed E-state index contributed by atoms with van der Waals surface area (Å²) >= 11 is 0. The van der Waals surface area contributed by atoms with Crippen LogP contribution < -0.4 is 0 Å². The molecule has 2 rings (SSSR count). The Kier molecular flexibility index (Phi) is 2.98. The lowest BCUT2D eigenvalue weighted by molar-refractivity contribution is 0.505. The molecule has 0 saturated carbocycles. The largest absolute Gasteiger partial charge is 0.354 e. The van der Waals surface area contributed by atoms with Crippen LogP contribution in [0.1, 0.15) is 5.56 Å². The second-order valence-corrected chi connectivity index (χ2v) is 3.56. The van der Waals surface area contributed by atoms with Crippen LogP contribution in [0, 0.1) is 0 Å². The van der Waals surface area contributed by atoms with E-state index in [-0.39, 0.29) is 0 Å². The van der Waals surface area contributed by atoms with Gasteiger partial charge < -0.3 is 4.90 Å². The average Bonchev–Trinajstić information content (AvgIpc) is 2.30. The molecular formula is C13H14N2. The van der Waals surface area contributed by atoms with Gasteiger partial charge >= 0.3 is 0 Å². The van der Waals surface area contributed by atoms with Crippen LogP contribution in [0.2, 0.25) is 0 Å². The summed E-state index contributed by atoms with van der Waals surface area (Å²) in [5.41, 5.74) is 2.32. The van der Waals surface area contributed by atoms with Crippen molar-refractivity contribution in [1.29, 1.82) is 0 Å². The van der Waals surface area contributed by atoms with Crippen LogP contribution in [0.5, 0.6) is 0 Å². The van der Waals surface area contributed by atoms with E-state index in [2.05, 4.69) is 34.9 Å². The fourth-order valence-electron chi connectivity index (χ4n) is 1.44. The number of hydrogen-bond acceptors (Lipinski definition) is 2. The lowest BCUT2D eigenvalue weighted by Gasteiger charge is -2.18. The molecule has 1 aliphatic rings. The molecule has 0 N–H and O–H groups in total. The normalized spacial score (nSPS) is 14.7. The summed E-state index contributed by atoms with van der Waals surface area (Å²) in [7, 11) is 0. The van der Waals surface area contributed by atoms with E-state index < -0.39 is 0 Å². The quantitative estimate of drug-likeness (QED) is 0.742. The number of rotatable bonds is 3. The van der Waals surface area contributed by atoms with E-state index in [0.717, 1.165) is 18.5 Å². The predicted molar refractivity (Wildman–Crippen MR) is 62.1 cm³/mol. The van der Waals surface area contributed by atoms with Gasteiger partial charge in [-0.1, -0.05) is 12.6 Å². The van der Waals surface area contributed by atoms with Gasteiger partial charge in [-0.15, -0.1) is 0 Å². The minimum absolute atomic E-state index is 0.978. The van der Waals surface area contributed by atoms with Gasteiger partial charge in [-0.2, -0.15) is 0 Å². The van der Waals surface area contributed by atoms with Gasteiger partial charge in [0.15, 0.2) is 0 Å². The van der Waals surface area contributed by atoms with Crippen LogP contribution in [0.3, 0.4) is 0 Å². The molecule has 0 saturated heterocycles. The Balaban J connectivity index is 1.87. The number of hydrogen-bond donors (Lipinski definition) is 0. The molecule has 0 aromatic carbocycles. The maximum absolute atomic E-state index is 4.09. The smallest absolute Gasteiger partial charge is 0.0300 e. The Hall–Kier alpha value is -1.83. The van der Waals surface area contributed by atoms with Crippen molar-refractivity contribution in [3.8, 4) is 0 Å². The van der Waals surface area contributed by atoms with Crippen LogP contribution in [-0.2, 0) is 6.42 Å². The second-order valence-electron chi connectivity index (χ2n) is 3.56. The van der Waals surface area contributed by atoms with Crippen molar-refractivity contribution in [3.05, 3.63) is 66.8 Å². The molecule has 2 heteroatoms. The van der Waals surface area contributed by atoms with Gasteiger partial charge in [-0.05, 0) is 35.8 Å². The van der Waals surface area contributed by atoms with Crippen molar-refractivity contribution in [2.75, 3.05) is 6.54 Å². The fourth-order valence-corrected chi connectivity index (χ4v) is 1.44. The number of pyridine rings is 1. The van der Waals surface area contributed by atoms with Crippen molar-refractivity contribution in [1.82, 2.24) is 9.88 Å². The summed E-state index contributed by atoms with van der Waals surface area (Å²) in [6.45, 7) is 4.83. The molecule has 2 nitrogen and oxygen atoms in total. The minimum atomic E-state index is 0.978. The zero-order chi connectivity index (χ0) is 10.5. The van der Waals surface area contributed by atoms with E-state index in [4.69, 9.17) is 0 Å². The summed E-state index contributed by atoms with van der Waals surface area (Å²) < 4.78 is 0. The number of nitrogens with zero attached hydrogens (tertiary/aromatic N) is 2. The average molecular weight is 198 g/mol. The fraction of sp³-hybridized carbons (Fsp3) is 0.154. The zero-order valence-corrected chi connectivity index (χ0v) is 8.63. The number of allylic oxidation sites excluding steroid dienone is 3. The molecule has 15 heavy (non-hydrogen) atoms. The van der Waals surface area contributed by atoms with Gasteiger partial charge in [0.2, 0.25) is 0 Å². The Labute approximate surface area is 90.3 Å². The van der Waals surface area contributed by atoms with E-state index in [9.17, 15) is 0 Å². The predicted octanol–water partition coefficient (Wildman–Crippen LogP) is 2.52. The van der Waals surface area contributed by atoms with Gasteiger partial charge in [0, 0.05) is 31.3 Å². The summed E-state index contributed by atoms with van der Waals surface area (Å²) in [6, 6.07) is 4.07. The second kappa shape index (κ2) is 4.60. The molecule has 0 unspecified atom stereocenters. The molecule has 0 radical (unpaired) electrons. The monoisotopic (exact) mass is 198 g/mol. The van der Waals surface area contributed by atoms with E-state index in [1.807, 2.05) is 24.4 Å². The zero-order valence-electron chi connectivity index (χ0n) is 8.63. The molecule has 0 aliphatic carbocycles. The van der Waals surface area contributed by atoms with Crippen LogP contribution >= 0.6 is 0 Å². The summed E-state index contributed by atoms with van der Waals surface area (Å²) in [5, 5.41) is 0. The van der Waals surface area contributed by atoms with E-state index in [0.29, 0.717) is 0 Å². The van der Waals surface area contributed by atoms with Crippen molar-refractivity contribution in [2.24, 2.45) is 0 Å². The molecule has 0 fully saturated rings. The molecule has 1 aliphatic heterocycles. The Bertz CT molecular complexity index is 374. The third-order valence-electron chi connectivity index (χ3n) is 2.34. The Morgan fingerprint density at radius 1 is 1.27 bits per heavy atom. The van der Waals surface area contributed by atoms with Crippen molar-refractivity contribution in [2.45, 2.75) is 6.42 Å². The molecule has 1 aromatic rings. The van der Waals surface area contributed by atoms with Gasteiger partial charge in [-0.3, -0.25) is 4.98 Å². The maximum atomic E-state index is 4.09. The van der Waals surface area contributed by atoms with Gasteiger partial charge in [0.25, 0.3) is 0 Å². The van der Waals surface area contributed by atoms with Crippen LogP contribution in [0.15, 0.2) is 61.2 Å². The molecule has 2 heterocycles. The van der Waals surface area contributed by atoms with Crippen LogP contribution in [0.25, 0.3) is 0 Å². The van der Waals surface area contributed by atoms with Gasteiger partial charge in [0.05, 0.1) is 0 Å². The maximum Gasteiger partial charge on any atom is 0.0300 e. The summed E-state index contributed by atoms with van der Waals surface area (Å²) in [4.78, 5) is 6.25. The number of aromatic nitrogens is 1. The first-order valence-corrected chi connectivity index (χ1v) is 5.04.